The van der Waals surface area contributed by atoms with Crippen molar-refractivity contribution in [2.45, 2.75) is 13.3 Å². The molecule has 0 saturated heterocycles. The van der Waals surface area contributed by atoms with Crippen molar-refractivity contribution in [2.75, 3.05) is 6.54 Å². The molecule has 0 saturated carbocycles. The third-order valence-corrected chi connectivity index (χ3v) is 2.79. The Morgan fingerprint density at radius 2 is 2.16 bits per heavy atom. The molecule has 2 rings (SSSR count). The smallest absolute Gasteiger partial charge is 0.254 e. The van der Waals surface area contributed by atoms with Crippen LogP contribution in [0.1, 0.15) is 21.6 Å². The van der Waals surface area contributed by atoms with Crippen molar-refractivity contribution in [3.8, 4) is 0 Å². The van der Waals surface area contributed by atoms with Crippen molar-refractivity contribution >= 4 is 5.91 Å². The Morgan fingerprint density at radius 1 is 1.37 bits per heavy atom. The number of nitrogens with one attached hydrogen (secondary N) is 1. The first-order chi connectivity index (χ1) is 9.18. The second kappa shape index (κ2) is 6.04. The van der Waals surface area contributed by atoms with Gasteiger partial charge in [-0.2, -0.15) is 0 Å². The highest BCUT2D eigenvalue weighted by atomic mass is 19.1. The van der Waals surface area contributed by atoms with Gasteiger partial charge in [-0.3, -0.25) is 4.79 Å². The summed E-state index contributed by atoms with van der Waals surface area (Å²) >= 11 is 0. The summed E-state index contributed by atoms with van der Waals surface area (Å²) in [6.07, 6.45) is 3.32. The average molecular weight is 259 g/mol. The van der Waals surface area contributed by atoms with E-state index in [1.807, 2.05) is 0 Å². The molecule has 0 unspecified atom stereocenters. The lowest BCUT2D eigenvalue weighted by molar-refractivity contribution is 0.0952. The van der Waals surface area contributed by atoms with Crippen LogP contribution in [0.15, 0.2) is 36.8 Å². The molecule has 1 amide bonds. The maximum Gasteiger partial charge on any atom is 0.254 e. The molecule has 0 fully saturated rings. The van der Waals surface area contributed by atoms with Gasteiger partial charge in [0.2, 0.25) is 0 Å². The van der Waals surface area contributed by atoms with Crippen LogP contribution < -0.4 is 5.32 Å². The number of hydrogen-bond acceptors (Lipinski definition) is 3. The predicted octanol–water partition coefficient (Wildman–Crippen LogP) is 1.90. The first-order valence-corrected chi connectivity index (χ1v) is 5.96. The van der Waals surface area contributed by atoms with Crippen molar-refractivity contribution < 1.29 is 9.18 Å². The Balaban J connectivity index is 1.92. The molecule has 0 aliphatic heterocycles. The highest BCUT2D eigenvalue weighted by molar-refractivity contribution is 5.94. The average Bonchev–Trinajstić information content (AvgIpc) is 2.41. The number of halogens is 1. The van der Waals surface area contributed by atoms with E-state index in [-0.39, 0.29) is 11.7 Å². The van der Waals surface area contributed by atoms with Gasteiger partial charge in [-0.15, -0.1) is 0 Å². The van der Waals surface area contributed by atoms with E-state index in [1.165, 1.54) is 18.6 Å². The van der Waals surface area contributed by atoms with Crippen LogP contribution in [-0.4, -0.2) is 22.4 Å². The van der Waals surface area contributed by atoms with Crippen LogP contribution in [0.25, 0.3) is 0 Å². The molecule has 1 heterocycles. The topological polar surface area (TPSA) is 54.9 Å². The van der Waals surface area contributed by atoms with Gasteiger partial charge in [-0.1, -0.05) is 18.2 Å². The number of amides is 1. The quantitative estimate of drug-likeness (QED) is 0.912. The Hall–Kier alpha value is -2.30. The number of aryl methyl sites for hydroxylation is 1. The second-order valence-corrected chi connectivity index (χ2v) is 4.12. The maximum atomic E-state index is 13.4. The molecule has 98 valence electrons. The molecule has 2 aromatic rings. The molecule has 0 aliphatic carbocycles. The van der Waals surface area contributed by atoms with Crippen molar-refractivity contribution in [1.82, 2.24) is 15.3 Å². The molecule has 4 nitrogen and oxygen atoms in total. The summed E-state index contributed by atoms with van der Waals surface area (Å²) < 4.78 is 13.4. The maximum absolute atomic E-state index is 13.4. The molecule has 0 atom stereocenters. The zero-order valence-corrected chi connectivity index (χ0v) is 10.6. The standard InChI is InChI=1S/C14H14FN3O/c1-10-12(8-16-9-18-10)14(19)17-7-6-11-4-2-3-5-13(11)15/h2-5,8-9H,6-7H2,1H3,(H,17,19). The van der Waals surface area contributed by atoms with Gasteiger partial charge in [0.25, 0.3) is 5.91 Å². The molecular formula is C14H14FN3O. The number of hydrogen-bond donors (Lipinski definition) is 1. The summed E-state index contributed by atoms with van der Waals surface area (Å²) in [5.41, 5.74) is 1.65. The SMILES string of the molecule is Cc1ncncc1C(=O)NCCc1ccccc1F. The lowest BCUT2D eigenvalue weighted by atomic mass is 10.1. The van der Waals surface area contributed by atoms with Gasteiger partial charge in [0.1, 0.15) is 12.1 Å². The first kappa shape index (κ1) is 13.1. The molecule has 1 N–H and O–H groups in total. The Morgan fingerprint density at radius 3 is 2.89 bits per heavy atom. The van der Waals surface area contributed by atoms with Gasteiger partial charge in [0.15, 0.2) is 0 Å². The Kier molecular flexibility index (Phi) is 4.18. The fourth-order valence-corrected chi connectivity index (χ4v) is 1.72. The van der Waals surface area contributed by atoms with Crippen LogP contribution in [0.5, 0.6) is 0 Å². The fraction of sp³-hybridized carbons (Fsp3) is 0.214. The van der Waals surface area contributed by atoms with E-state index in [0.717, 1.165) is 0 Å². The number of aromatic nitrogens is 2. The van der Waals surface area contributed by atoms with E-state index >= 15 is 0 Å². The van der Waals surface area contributed by atoms with Crippen molar-refractivity contribution in [1.29, 1.82) is 0 Å². The molecule has 5 heteroatoms. The fourth-order valence-electron chi connectivity index (χ4n) is 1.72. The van der Waals surface area contributed by atoms with Crippen LogP contribution in [0.4, 0.5) is 4.39 Å². The van der Waals surface area contributed by atoms with Crippen LogP contribution in [0, 0.1) is 12.7 Å². The minimum atomic E-state index is -0.254. The third-order valence-electron chi connectivity index (χ3n) is 2.79. The third kappa shape index (κ3) is 3.34. The number of rotatable bonds is 4. The summed E-state index contributed by atoms with van der Waals surface area (Å²) in [5.74, 6) is -0.495. The number of carbonyl (C=O) groups excluding carboxylic acids is 1. The van der Waals surface area contributed by atoms with Crippen molar-refractivity contribution in [2.24, 2.45) is 0 Å². The Labute approximate surface area is 110 Å². The summed E-state index contributed by atoms with van der Waals surface area (Å²) in [4.78, 5) is 19.6. The predicted molar refractivity (Wildman–Crippen MR) is 69.2 cm³/mol. The molecule has 0 bridgehead atoms. The van der Waals surface area contributed by atoms with Crippen molar-refractivity contribution in [3.05, 3.63) is 59.4 Å². The van der Waals surface area contributed by atoms with Crippen LogP contribution in [0.3, 0.4) is 0 Å². The lowest BCUT2D eigenvalue weighted by Gasteiger charge is -2.07. The van der Waals surface area contributed by atoms with E-state index in [0.29, 0.717) is 29.8 Å². The summed E-state index contributed by atoms with van der Waals surface area (Å²) in [5, 5.41) is 2.73. The molecular weight excluding hydrogens is 245 g/mol. The second-order valence-electron chi connectivity index (χ2n) is 4.12. The molecule has 0 aliphatic rings. The number of nitrogens with zero attached hydrogens (tertiary/aromatic N) is 2. The number of benzene rings is 1. The number of carbonyl (C=O) groups is 1. The van der Waals surface area contributed by atoms with E-state index in [2.05, 4.69) is 15.3 Å². The molecule has 0 radical (unpaired) electrons. The monoisotopic (exact) mass is 259 g/mol. The van der Waals surface area contributed by atoms with Crippen LogP contribution >= 0.6 is 0 Å². The van der Waals surface area contributed by atoms with E-state index in [9.17, 15) is 9.18 Å². The minimum absolute atomic E-state index is 0.241. The zero-order valence-electron chi connectivity index (χ0n) is 10.6. The largest absolute Gasteiger partial charge is 0.352 e. The zero-order chi connectivity index (χ0) is 13.7. The van der Waals surface area contributed by atoms with Gasteiger partial charge >= 0.3 is 0 Å². The van der Waals surface area contributed by atoms with E-state index in [4.69, 9.17) is 0 Å². The normalized spacial score (nSPS) is 10.2. The highest BCUT2D eigenvalue weighted by Gasteiger charge is 2.09. The highest BCUT2D eigenvalue weighted by Crippen LogP contribution is 2.06. The summed E-state index contributed by atoms with van der Waals surface area (Å²) in [6, 6.07) is 6.53. The van der Waals surface area contributed by atoms with E-state index in [1.54, 1.807) is 25.1 Å². The summed E-state index contributed by atoms with van der Waals surface area (Å²) in [6.45, 7) is 2.11. The first-order valence-electron chi connectivity index (χ1n) is 5.96. The van der Waals surface area contributed by atoms with E-state index < -0.39 is 0 Å². The van der Waals surface area contributed by atoms with Gasteiger partial charge in [0.05, 0.1) is 11.3 Å². The molecule has 1 aromatic heterocycles. The molecule has 1 aromatic carbocycles. The van der Waals surface area contributed by atoms with Gasteiger partial charge in [0, 0.05) is 12.7 Å². The van der Waals surface area contributed by atoms with Gasteiger partial charge in [-0.25, -0.2) is 14.4 Å². The van der Waals surface area contributed by atoms with Gasteiger partial charge in [-0.05, 0) is 25.0 Å². The van der Waals surface area contributed by atoms with Gasteiger partial charge < -0.3 is 5.32 Å². The summed E-state index contributed by atoms with van der Waals surface area (Å²) in [7, 11) is 0. The minimum Gasteiger partial charge on any atom is -0.352 e. The molecule has 0 spiro atoms. The molecule has 19 heavy (non-hydrogen) atoms. The van der Waals surface area contributed by atoms with Crippen LogP contribution in [0.2, 0.25) is 0 Å². The Bertz CT molecular complexity index is 586. The van der Waals surface area contributed by atoms with Crippen LogP contribution in [-0.2, 0) is 6.42 Å². The van der Waals surface area contributed by atoms with Crippen molar-refractivity contribution in [3.63, 3.8) is 0 Å². The lowest BCUT2D eigenvalue weighted by Crippen LogP contribution is -2.27.